The molecule has 1 heterocycles. The van der Waals surface area contributed by atoms with Gasteiger partial charge in [0.25, 0.3) is 0 Å². The maximum Gasteiger partial charge on any atom is 0.156 e. The van der Waals surface area contributed by atoms with Crippen LogP contribution in [0.1, 0.15) is 5.69 Å². The Kier molecular flexibility index (Phi) is 4.07. The van der Waals surface area contributed by atoms with Crippen molar-refractivity contribution in [3.8, 4) is 0 Å². The number of rotatable bonds is 5. The van der Waals surface area contributed by atoms with Crippen LogP contribution in [0.5, 0.6) is 0 Å². The number of anilines is 1. The molecule has 1 aromatic heterocycles. The molecule has 0 spiro atoms. The summed E-state index contributed by atoms with van der Waals surface area (Å²) in [7, 11) is 1.66. The van der Waals surface area contributed by atoms with Gasteiger partial charge >= 0.3 is 0 Å². The van der Waals surface area contributed by atoms with E-state index >= 15 is 0 Å². The Morgan fingerprint density at radius 2 is 2.00 bits per heavy atom. The molecule has 0 aliphatic heterocycles. The molecule has 2 rings (SSSR count). The van der Waals surface area contributed by atoms with Crippen molar-refractivity contribution in [2.24, 2.45) is 5.73 Å². The van der Waals surface area contributed by atoms with Crippen molar-refractivity contribution in [3.63, 3.8) is 0 Å². The summed E-state index contributed by atoms with van der Waals surface area (Å²) in [6, 6.07) is 8.09. The Morgan fingerprint density at radius 3 is 2.67 bits per heavy atom. The van der Waals surface area contributed by atoms with Gasteiger partial charge in [0.2, 0.25) is 0 Å². The Morgan fingerprint density at radius 1 is 1.28 bits per heavy atom. The molecule has 1 atom stereocenters. The van der Waals surface area contributed by atoms with Crippen LogP contribution in [0.3, 0.4) is 0 Å². The second kappa shape index (κ2) is 5.75. The number of nitrogens with two attached hydrogens (primary N) is 1. The van der Waals surface area contributed by atoms with Crippen molar-refractivity contribution in [2.75, 3.05) is 25.6 Å². The van der Waals surface area contributed by atoms with Crippen molar-refractivity contribution in [1.82, 2.24) is 10.2 Å². The van der Waals surface area contributed by atoms with Crippen LogP contribution in [0.2, 0.25) is 0 Å². The molecule has 0 radical (unpaired) electrons. The lowest BCUT2D eigenvalue weighted by molar-refractivity contribution is 0.187. The first-order valence-electron chi connectivity index (χ1n) is 5.93. The lowest BCUT2D eigenvalue weighted by Crippen LogP contribution is -2.33. The van der Waals surface area contributed by atoms with Crippen LogP contribution >= 0.6 is 0 Å². The third-order valence-electron chi connectivity index (χ3n) is 2.87. The predicted octanol–water partition coefficient (Wildman–Crippen LogP) is 1.32. The molecular formula is C13H18N4O. The zero-order valence-corrected chi connectivity index (χ0v) is 10.7. The van der Waals surface area contributed by atoms with E-state index in [0.29, 0.717) is 13.2 Å². The molecule has 0 aliphatic carbocycles. The maximum absolute atomic E-state index is 5.69. The largest absolute Gasteiger partial charge is 0.383 e. The monoisotopic (exact) mass is 246 g/mol. The third kappa shape index (κ3) is 2.57. The van der Waals surface area contributed by atoms with Crippen LogP contribution in [0.4, 0.5) is 5.82 Å². The van der Waals surface area contributed by atoms with E-state index in [1.54, 1.807) is 7.11 Å². The van der Waals surface area contributed by atoms with Crippen LogP contribution in [0.25, 0.3) is 10.8 Å². The number of fused-ring (bicyclic) bond motifs is 1. The molecule has 0 bridgehead atoms. The SMILES string of the molecule is COCC(CN)Nc1nnc(C)c2ccccc12. The lowest BCUT2D eigenvalue weighted by atomic mass is 10.1. The van der Waals surface area contributed by atoms with Gasteiger partial charge in [0.15, 0.2) is 5.82 Å². The van der Waals surface area contributed by atoms with Crippen molar-refractivity contribution in [3.05, 3.63) is 30.0 Å². The van der Waals surface area contributed by atoms with Gasteiger partial charge in [-0.3, -0.25) is 0 Å². The molecular weight excluding hydrogens is 228 g/mol. The maximum atomic E-state index is 5.69. The molecule has 5 nitrogen and oxygen atoms in total. The van der Waals surface area contributed by atoms with Gasteiger partial charge in [-0.25, -0.2) is 0 Å². The Hall–Kier alpha value is -1.72. The molecule has 0 aliphatic rings. The summed E-state index contributed by atoms with van der Waals surface area (Å²) < 4.78 is 5.11. The number of methoxy groups -OCH3 is 1. The number of aromatic nitrogens is 2. The molecule has 5 heteroatoms. The fourth-order valence-corrected chi connectivity index (χ4v) is 1.91. The van der Waals surface area contributed by atoms with Crippen molar-refractivity contribution >= 4 is 16.6 Å². The van der Waals surface area contributed by atoms with Gasteiger partial charge in [-0.15, -0.1) is 5.10 Å². The molecule has 1 unspecified atom stereocenters. The second-order valence-corrected chi connectivity index (χ2v) is 4.21. The molecule has 0 saturated heterocycles. The first kappa shape index (κ1) is 12.7. The van der Waals surface area contributed by atoms with Gasteiger partial charge in [-0.05, 0) is 6.92 Å². The molecule has 2 aromatic rings. The standard InChI is InChI=1S/C13H18N4O/c1-9-11-5-3-4-6-12(11)13(17-16-9)15-10(7-14)8-18-2/h3-6,10H,7-8,14H2,1-2H3,(H,15,17). The molecule has 0 fully saturated rings. The number of benzene rings is 1. The highest BCUT2D eigenvalue weighted by Gasteiger charge is 2.11. The highest BCUT2D eigenvalue weighted by molar-refractivity contribution is 5.92. The minimum Gasteiger partial charge on any atom is -0.383 e. The van der Waals surface area contributed by atoms with Crippen LogP contribution in [0.15, 0.2) is 24.3 Å². The van der Waals surface area contributed by atoms with Crippen molar-refractivity contribution in [1.29, 1.82) is 0 Å². The number of aryl methyl sites for hydroxylation is 1. The second-order valence-electron chi connectivity index (χ2n) is 4.21. The zero-order chi connectivity index (χ0) is 13.0. The van der Waals surface area contributed by atoms with E-state index in [9.17, 15) is 0 Å². The molecule has 0 saturated carbocycles. The fraction of sp³-hybridized carbons (Fsp3) is 0.385. The van der Waals surface area contributed by atoms with Crippen LogP contribution in [-0.4, -0.2) is 36.5 Å². The summed E-state index contributed by atoms with van der Waals surface area (Å²) in [4.78, 5) is 0. The summed E-state index contributed by atoms with van der Waals surface area (Å²) >= 11 is 0. The number of hydrogen-bond acceptors (Lipinski definition) is 5. The average Bonchev–Trinajstić information content (AvgIpc) is 2.41. The summed E-state index contributed by atoms with van der Waals surface area (Å²) in [6.45, 7) is 2.98. The molecule has 0 amide bonds. The first-order chi connectivity index (χ1) is 8.76. The van der Waals surface area contributed by atoms with Crippen molar-refractivity contribution < 1.29 is 4.74 Å². The topological polar surface area (TPSA) is 73.1 Å². The Labute approximate surface area is 106 Å². The summed E-state index contributed by atoms with van der Waals surface area (Å²) in [5, 5.41) is 13.8. The summed E-state index contributed by atoms with van der Waals surface area (Å²) in [5.74, 6) is 0.753. The van der Waals surface area contributed by atoms with Crippen LogP contribution in [-0.2, 0) is 4.74 Å². The third-order valence-corrected chi connectivity index (χ3v) is 2.87. The molecule has 18 heavy (non-hydrogen) atoms. The zero-order valence-electron chi connectivity index (χ0n) is 10.7. The molecule has 1 aromatic carbocycles. The van der Waals surface area contributed by atoms with E-state index in [1.165, 1.54) is 0 Å². The molecule has 3 N–H and O–H groups in total. The lowest BCUT2D eigenvalue weighted by Gasteiger charge is -2.17. The number of nitrogens with zero attached hydrogens (tertiary/aromatic N) is 2. The van der Waals surface area contributed by atoms with Crippen molar-refractivity contribution in [2.45, 2.75) is 13.0 Å². The van der Waals surface area contributed by atoms with E-state index in [4.69, 9.17) is 10.5 Å². The Balaban J connectivity index is 2.36. The van der Waals surface area contributed by atoms with Crippen LogP contribution < -0.4 is 11.1 Å². The average molecular weight is 246 g/mol. The highest BCUT2D eigenvalue weighted by Crippen LogP contribution is 2.22. The van der Waals surface area contributed by atoms with E-state index in [1.807, 2.05) is 31.2 Å². The van der Waals surface area contributed by atoms with Gasteiger partial charge in [-0.2, -0.15) is 5.10 Å². The first-order valence-corrected chi connectivity index (χ1v) is 5.93. The van der Waals surface area contributed by atoms with E-state index in [-0.39, 0.29) is 6.04 Å². The smallest absolute Gasteiger partial charge is 0.156 e. The summed E-state index contributed by atoms with van der Waals surface area (Å²) in [5.41, 5.74) is 6.61. The minimum atomic E-state index is 0.0374. The highest BCUT2D eigenvalue weighted by atomic mass is 16.5. The van der Waals surface area contributed by atoms with Gasteiger partial charge < -0.3 is 15.8 Å². The molecule has 96 valence electrons. The van der Waals surface area contributed by atoms with Gasteiger partial charge in [0.1, 0.15) is 0 Å². The van der Waals surface area contributed by atoms with E-state index in [2.05, 4.69) is 15.5 Å². The summed E-state index contributed by atoms with van der Waals surface area (Å²) in [6.07, 6.45) is 0. The van der Waals surface area contributed by atoms with E-state index in [0.717, 1.165) is 22.3 Å². The van der Waals surface area contributed by atoms with Gasteiger partial charge in [0.05, 0.1) is 18.3 Å². The van der Waals surface area contributed by atoms with Gasteiger partial charge in [-0.1, -0.05) is 24.3 Å². The van der Waals surface area contributed by atoms with Crippen LogP contribution in [0, 0.1) is 6.92 Å². The normalized spacial score (nSPS) is 12.6. The van der Waals surface area contributed by atoms with Gasteiger partial charge in [0, 0.05) is 24.4 Å². The fourth-order valence-electron chi connectivity index (χ4n) is 1.91. The minimum absolute atomic E-state index is 0.0374. The number of hydrogen-bond donors (Lipinski definition) is 2. The quantitative estimate of drug-likeness (QED) is 0.832. The predicted molar refractivity (Wildman–Crippen MR) is 72.6 cm³/mol. The number of ether oxygens (including phenoxy) is 1. The number of nitrogens with one attached hydrogen (secondary N) is 1. The van der Waals surface area contributed by atoms with E-state index < -0.39 is 0 Å². The Bertz CT molecular complexity index is 529.